The summed E-state index contributed by atoms with van der Waals surface area (Å²) in [5, 5.41) is 8.58. The number of aliphatic hydroxyl groups is 1. The summed E-state index contributed by atoms with van der Waals surface area (Å²) in [5.74, 6) is 5.22. The zero-order valence-corrected chi connectivity index (χ0v) is 12.2. The van der Waals surface area contributed by atoms with Crippen molar-refractivity contribution in [3.63, 3.8) is 0 Å². The van der Waals surface area contributed by atoms with E-state index in [0.717, 1.165) is 12.8 Å². The first-order valence-corrected chi connectivity index (χ1v) is 7.77. The lowest BCUT2D eigenvalue weighted by atomic mass is 10.2. The molecule has 0 atom stereocenters. The maximum absolute atomic E-state index is 12.0. The Balaban J connectivity index is 2.59. The highest BCUT2D eigenvalue weighted by atomic mass is 32.2. The highest BCUT2D eigenvalue weighted by Crippen LogP contribution is 2.10. The molecule has 0 radical (unpaired) electrons. The number of ether oxygens (including phenoxy) is 1. The number of hydrogen-bond donors (Lipinski definition) is 2. The molecule has 2 N–H and O–H groups in total. The smallest absolute Gasteiger partial charge is 0.240 e. The third-order valence-electron chi connectivity index (χ3n) is 2.54. The Morgan fingerprint density at radius 1 is 1.25 bits per heavy atom. The summed E-state index contributed by atoms with van der Waals surface area (Å²) in [5.41, 5.74) is 0.665. The number of benzene rings is 1. The molecule has 0 aliphatic rings. The van der Waals surface area contributed by atoms with Crippen LogP contribution in [0.25, 0.3) is 0 Å². The van der Waals surface area contributed by atoms with Gasteiger partial charge in [0.2, 0.25) is 10.0 Å². The van der Waals surface area contributed by atoms with Crippen molar-refractivity contribution in [2.24, 2.45) is 0 Å². The van der Waals surface area contributed by atoms with Gasteiger partial charge >= 0.3 is 0 Å². The lowest BCUT2D eigenvalue weighted by Gasteiger charge is -2.06. The molecule has 0 amide bonds. The van der Waals surface area contributed by atoms with Crippen LogP contribution in [-0.2, 0) is 14.8 Å². The Morgan fingerprint density at radius 2 is 1.95 bits per heavy atom. The largest absolute Gasteiger partial charge is 0.385 e. The van der Waals surface area contributed by atoms with Crippen LogP contribution in [0.5, 0.6) is 0 Å². The first-order chi connectivity index (χ1) is 9.60. The van der Waals surface area contributed by atoms with E-state index in [4.69, 9.17) is 9.84 Å². The summed E-state index contributed by atoms with van der Waals surface area (Å²) >= 11 is 0. The molecule has 20 heavy (non-hydrogen) atoms. The zero-order chi connectivity index (χ0) is 14.8. The van der Waals surface area contributed by atoms with Crippen molar-refractivity contribution < 1.29 is 18.3 Å². The predicted molar refractivity (Wildman–Crippen MR) is 76.7 cm³/mol. The summed E-state index contributed by atoms with van der Waals surface area (Å²) < 4.78 is 31.4. The van der Waals surface area contributed by atoms with Crippen LogP contribution in [0.1, 0.15) is 18.4 Å². The topological polar surface area (TPSA) is 75.6 Å². The molecule has 6 heteroatoms. The van der Waals surface area contributed by atoms with E-state index in [-0.39, 0.29) is 11.5 Å². The fourth-order valence-corrected chi connectivity index (χ4v) is 2.59. The van der Waals surface area contributed by atoms with Gasteiger partial charge in [0.15, 0.2) is 0 Å². The van der Waals surface area contributed by atoms with E-state index < -0.39 is 10.0 Å². The van der Waals surface area contributed by atoms with Crippen molar-refractivity contribution in [1.29, 1.82) is 0 Å². The van der Waals surface area contributed by atoms with Gasteiger partial charge in [0.05, 0.1) is 4.90 Å². The van der Waals surface area contributed by atoms with Crippen molar-refractivity contribution in [3.8, 4) is 11.8 Å². The summed E-state index contributed by atoms with van der Waals surface area (Å²) in [6.45, 7) is 0.792. The van der Waals surface area contributed by atoms with E-state index in [2.05, 4.69) is 16.6 Å². The minimum absolute atomic E-state index is 0.207. The molecule has 0 aliphatic heterocycles. The fraction of sp³-hybridized carbons (Fsp3) is 0.429. The Morgan fingerprint density at radius 3 is 2.55 bits per heavy atom. The molecule has 1 rings (SSSR count). The number of sulfonamides is 1. The molecule has 0 saturated carbocycles. The summed E-state index contributed by atoms with van der Waals surface area (Å²) in [7, 11) is -1.86. The van der Waals surface area contributed by atoms with Gasteiger partial charge in [-0.3, -0.25) is 0 Å². The Labute approximate surface area is 120 Å². The summed E-state index contributed by atoms with van der Waals surface area (Å²) in [4.78, 5) is 0.207. The molecule has 0 unspecified atom stereocenters. The van der Waals surface area contributed by atoms with Crippen LogP contribution in [0, 0.1) is 11.8 Å². The molecule has 0 fully saturated rings. The first kappa shape index (κ1) is 16.7. The van der Waals surface area contributed by atoms with E-state index in [1.165, 1.54) is 12.1 Å². The van der Waals surface area contributed by atoms with Gasteiger partial charge in [-0.15, -0.1) is 0 Å². The third kappa shape index (κ3) is 5.72. The molecule has 5 nitrogen and oxygen atoms in total. The van der Waals surface area contributed by atoms with Gasteiger partial charge in [-0.1, -0.05) is 11.8 Å². The number of rotatable bonds is 7. The minimum Gasteiger partial charge on any atom is -0.385 e. The second kappa shape index (κ2) is 8.72. The monoisotopic (exact) mass is 297 g/mol. The molecule has 0 aliphatic carbocycles. The van der Waals surface area contributed by atoms with Crippen LogP contribution in [0.4, 0.5) is 0 Å². The highest BCUT2D eigenvalue weighted by Gasteiger charge is 2.12. The van der Waals surface area contributed by atoms with Crippen molar-refractivity contribution in [1.82, 2.24) is 4.72 Å². The van der Waals surface area contributed by atoms with Gasteiger partial charge in [-0.25, -0.2) is 13.1 Å². The predicted octanol–water partition coefficient (Wildman–Crippen LogP) is 0.735. The van der Waals surface area contributed by atoms with E-state index in [1.807, 2.05) is 0 Å². The second-order valence-electron chi connectivity index (χ2n) is 4.08. The van der Waals surface area contributed by atoms with Crippen LogP contribution < -0.4 is 4.72 Å². The zero-order valence-electron chi connectivity index (χ0n) is 11.4. The van der Waals surface area contributed by atoms with Crippen molar-refractivity contribution in [3.05, 3.63) is 29.8 Å². The quantitative estimate of drug-likeness (QED) is 0.575. The number of hydrogen-bond acceptors (Lipinski definition) is 4. The Hall–Kier alpha value is -1.39. The molecular weight excluding hydrogens is 278 g/mol. The molecule has 0 saturated heterocycles. The van der Waals surface area contributed by atoms with Gasteiger partial charge < -0.3 is 9.84 Å². The van der Waals surface area contributed by atoms with Crippen LogP contribution in [0.3, 0.4) is 0 Å². The third-order valence-corrected chi connectivity index (χ3v) is 4.02. The van der Waals surface area contributed by atoms with E-state index in [9.17, 15) is 8.42 Å². The average molecular weight is 297 g/mol. The van der Waals surface area contributed by atoms with Gasteiger partial charge in [0.25, 0.3) is 0 Å². The number of unbranched alkanes of at least 4 members (excludes halogenated alkanes) is 1. The van der Waals surface area contributed by atoms with Gasteiger partial charge in [0, 0.05) is 25.8 Å². The standard InChI is InChI=1S/C14H19NO4S/c1-19-12-3-2-10-15-20(17,18)14-8-6-13(7-9-14)5-4-11-16/h6-9,15-16H,2-3,10-12H2,1H3. The Bertz CT molecular complexity index is 555. The normalized spacial score (nSPS) is 10.9. The number of methoxy groups -OCH3 is 1. The van der Waals surface area contributed by atoms with E-state index in [1.54, 1.807) is 19.2 Å². The lowest BCUT2D eigenvalue weighted by Crippen LogP contribution is -2.24. The maximum atomic E-state index is 12.0. The molecule has 0 spiro atoms. The summed E-state index contributed by atoms with van der Waals surface area (Å²) in [6, 6.07) is 6.22. The Kier molecular flexibility index (Phi) is 7.26. The first-order valence-electron chi connectivity index (χ1n) is 6.28. The van der Waals surface area contributed by atoms with Gasteiger partial charge in [0.1, 0.15) is 6.61 Å². The molecular formula is C14H19NO4S. The molecule has 0 aromatic heterocycles. The van der Waals surface area contributed by atoms with Crippen molar-refractivity contribution in [2.75, 3.05) is 26.9 Å². The van der Waals surface area contributed by atoms with Crippen LogP contribution in [0.15, 0.2) is 29.2 Å². The fourth-order valence-electron chi connectivity index (χ4n) is 1.52. The molecule has 1 aromatic rings. The minimum atomic E-state index is -3.47. The van der Waals surface area contributed by atoms with E-state index in [0.29, 0.717) is 18.7 Å². The van der Waals surface area contributed by atoms with Crippen molar-refractivity contribution >= 4 is 10.0 Å². The second-order valence-corrected chi connectivity index (χ2v) is 5.85. The number of nitrogens with one attached hydrogen (secondary N) is 1. The van der Waals surface area contributed by atoms with Crippen molar-refractivity contribution in [2.45, 2.75) is 17.7 Å². The lowest BCUT2D eigenvalue weighted by molar-refractivity contribution is 0.193. The van der Waals surface area contributed by atoms with Crippen LogP contribution >= 0.6 is 0 Å². The SMILES string of the molecule is COCCCCNS(=O)(=O)c1ccc(C#CCO)cc1. The number of aliphatic hydroxyl groups excluding tert-OH is 1. The highest BCUT2D eigenvalue weighted by molar-refractivity contribution is 7.89. The van der Waals surface area contributed by atoms with Crippen LogP contribution in [0.2, 0.25) is 0 Å². The molecule has 0 bridgehead atoms. The maximum Gasteiger partial charge on any atom is 0.240 e. The molecule has 0 heterocycles. The average Bonchev–Trinajstić information content (AvgIpc) is 2.45. The molecule has 110 valence electrons. The van der Waals surface area contributed by atoms with E-state index >= 15 is 0 Å². The summed E-state index contributed by atoms with van der Waals surface area (Å²) in [6.07, 6.45) is 1.54. The van der Waals surface area contributed by atoms with Crippen LogP contribution in [-0.4, -0.2) is 40.4 Å². The van der Waals surface area contributed by atoms with Gasteiger partial charge in [-0.05, 0) is 37.1 Å². The molecule has 1 aromatic carbocycles. The van der Waals surface area contributed by atoms with Gasteiger partial charge in [-0.2, -0.15) is 0 Å².